The molecule has 0 amide bonds. The Morgan fingerprint density at radius 1 is 1.33 bits per heavy atom. The normalized spacial score (nSPS) is 26.0. The van der Waals surface area contributed by atoms with Crippen molar-refractivity contribution in [2.24, 2.45) is 5.41 Å². The average Bonchev–Trinajstić information content (AvgIpc) is 2.44. The van der Waals surface area contributed by atoms with E-state index in [4.69, 9.17) is 4.74 Å². The topological polar surface area (TPSA) is 32.7 Å². The molecule has 0 saturated carbocycles. The van der Waals surface area contributed by atoms with Gasteiger partial charge in [-0.2, -0.15) is 0 Å². The zero-order chi connectivity index (χ0) is 15.5. The molecule has 21 heavy (non-hydrogen) atoms. The number of piperidine rings is 1. The molecule has 3 nitrogen and oxygen atoms in total. The van der Waals surface area contributed by atoms with Gasteiger partial charge in [0.15, 0.2) is 0 Å². The molecule has 0 bridgehead atoms. The summed E-state index contributed by atoms with van der Waals surface area (Å²) in [6, 6.07) is 8.57. The van der Waals surface area contributed by atoms with Crippen molar-refractivity contribution in [2.75, 3.05) is 33.1 Å². The van der Waals surface area contributed by atoms with Crippen molar-refractivity contribution in [2.45, 2.75) is 37.3 Å². The van der Waals surface area contributed by atoms with E-state index in [1.165, 1.54) is 10.5 Å². The standard InChI is InChI=1S/C17H27NO2S/c1-16(2)12-18(10-9-17(16,19)13-20-3)11-14-7-5-6-8-15(14)21-4/h5-8,19H,9-13H2,1-4H3/t17-/m1/s1. The highest BCUT2D eigenvalue weighted by Crippen LogP contribution is 2.39. The van der Waals surface area contributed by atoms with Gasteiger partial charge in [-0.1, -0.05) is 32.0 Å². The SMILES string of the molecule is COC[C@]1(O)CCN(Cc2ccccc2SC)CC1(C)C. The van der Waals surface area contributed by atoms with Gasteiger partial charge in [-0.15, -0.1) is 11.8 Å². The van der Waals surface area contributed by atoms with E-state index in [1.54, 1.807) is 18.9 Å². The molecule has 4 heteroatoms. The first-order valence-corrected chi connectivity index (χ1v) is 8.70. The van der Waals surface area contributed by atoms with E-state index >= 15 is 0 Å². The number of aliphatic hydroxyl groups is 1. The largest absolute Gasteiger partial charge is 0.387 e. The Kier molecular flexibility index (Phi) is 5.36. The fourth-order valence-corrected chi connectivity index (χ4v) is 3.79. The number of rotatable bonds is 5. The van der Waals surface area contributed by atoms with Gasteiger partial charge in [-0.05, 0) is 24.3 Å². The van der Waals surface area contributed by atoms with Crippen LogP contribution >= 0.6 is 11.8 Å². The number of benzene rings is 1. The van der Waals surface area contributed by atoms with Crippen molar-refractivity contribution in [3.8, 4) is 0 Å². The molecular formula is C17H27NO2S. The van der Waals surface area contributed by atoms with Crippen LogP contribution in [0.4, 0.5) is 0 Å². The summed E-state index contributed by atoms with van der Waals surface area (Å²) in [5.41, 5.74) is 0.477. The van der Waals surface area contributed by atoms with Crippen LogP contribution < -0.4 is 0 Å². The Balaban J connectivity index is 2.08. The third-order valence-electron chi connectivity index (χ3n) is 4.69. The van der Waals surface area contributed by atoms with Gasteiger partial charge in [0.25, 0.3) is 0 Å². The molecule has 2 rings (SSSR count). The van der Waals surface area contributed by atoms with Gasteiger partial charge < -0.3 is 9.84 Å². The van der Waals surface area contributed by atoms with E-state index in [2.05, 4.69) is 49.3 Å². The highest BCUT2D eigenvalue weighted by atomic mass is 32.2. The van der Waals surface area contributed by atoms with Gasteiger partial charge in [-0.25, -0.2) is 0 Å². The number of thioether (sulfide) groups is 1. The van der Waals surface area contributed by atoms with Crippen LogP contribution in [0, 0.1) is 5.41 Å². The van der Waals surface area contributed by atoms with E-state index in [1.807, 2.05) is 0 Å². The second-order valence-electron chi connectivity index (χ2n) is 6.62. The lowest BCUT2D eigenvalue weighted by Gasteiger charge is -2.50. The number of likely N-dealkylation sites (tertiary alicyclic amines) is 1. The maximum Gasteiger partial charge on any atom is 0.0954 e. The minimum absolute atomic E-state index is 0.171. The molecule has 0 unspecified atom stereocenters. The summed E-state index contributed by atoms with van der Waals surface area (Å²) in [4.78, 5) is 3.78. The predicted octanol–water partition coefficient (Wildman–Crippen LogP) is 3.02. The highest BCUT2D eigenvalue weighted by Gasteiger charge is 2.47. The molecule has 118 valence electrons. The first kappa shape index (κ1) is 16.8. The molecule has 1 N–H and O–H groups in total. The number of hydrogen-bond donors (Lipinski definition) is 1. The molecule has 1 aromatic carbocycles. The van der Waals surface area contributed by atoms with Crippen molar-refractivity contribution in [3.63, 3.8) is 0 Å². The first-order chi connectivity index (χ1) is 9.92. The Morgan fingerprint density at radius 2 is 2.05 bits per heavy atom. The van der Waals surface area contributed by atoms with Crippen LogP contribution in [0.25, 0.3) is 0 Å². The number of nitrogens with zero attached hydrogens (tertiary/aromatic N) is 1. The fourth-order valence-electron chi connectivity index (χ4n) is 3.18. The molecule has 1 aliphatic heterocycles. The van der Waals surface area contributed by atoms with Gasteiger partial charge in [0, 0.05) is 37.1 Å². The monoisotopic (exact) mass is 309 g/mol. The van der Waals surface area contributed by atoms with Crippen LogP contribution in [0.5, 0.6) is 0 Å². The van der Waals surface area contributed by atoms with Crippen LogP contribution in [0.2, 0.25) is 0 Å². The minimum atomic E-state index is -0.725. The highest BCUT2D eigenvalue weighted by molar-refractivity contribution is 7.98. The number of ether oxygens (including phenoxy) is 1. The number of methoxy groups -OCH3 is 1. The van der Waals surface area contributed by atoms with Crippen molar-refractivity contribution in [1.82, 2.24) is 4.90 Å². The van der Waals surface area contributed by atoms with Gasteiger partial charge in [0.2, 0.25) is 0 Å². The molecule has 1 saturated heterocycles. The van der Waals surface area contributed by atoms with E-state index in [0.29, 0.717) is 6.61 Å². The Morgan fingerprint density at radius 3 is 2.67 bits per heavy atom. The van der Waals surface area contributed by atoms with Crippen LogP contribution in [0.1, 0.15) is 25.8 Å². The summed E-state index contributed by atoms with van der Waals surface area (Å²) >= 11 is 1.80. The van der Waals surface area contributed by atoms with Crippen LogP contribution in [0.15, 0.2) is 29.2 Å². The Bertz CT molecular complexity index is 478. The van der Waals surface area contributed by atoms with Gasteiger partial charge in [-0.3, -0.25) is 4.90 Å². The van der Waals surface area contributed by atoms with E-state index in [9.17, 15) is 5.11 Å². The molecule has 1 aromatic rings. The van der Waals surface area contributed by atoms with Crippen LogP contribution in [0.3, 0.4) is 0 Å². The van der Waals surface area contributed by atoms with Crippen molar-refractivity contribution in [3.05, 3.63) is 29.8 Å². The third kappa shape index (κ3) is 3.62. The summed E-state index contributed by atoms with van der Waals surface area (Å²) in [5, 5.41) is 10.8. The molecule has 0 radical (unpaired) electrons. The third-order valence-corrected chi connectivity index (χ3v) is 5.53. The lowest BCUT2D eigenvalue weighted by molar-refractivity contribution is -0.151. The first-order valence-electron chi connectivity index (χ1n) is 7.47. The molecule has 1 aliphatic rings. The smallest absolute Gasteiger partial charge is 0.0954 e. The summed E-state index contributed by atoms with van der Waals surface area (Å²) in [5.74, 6) is 0. The lowest BCUT2D eigenvalue weighted by atomic mass is 9.70. The zero-order valence-electron chi connectivity index (χ0n) is 13.6. The van der Waals surface area contributed by atoms with Gasteiger partial charge >= 0.3 is 0 Å². The molecular weight excluding hydrogens is 282 g/mol. The van der Waals surface area contributed by atoms with Gasteiger partial charge in [0.1, 0.15) is 0 Å². The average molecular weight is 309 g/mol. The summed E-state index contributed by atoms with van der Waals surface area (Å²) in [6.45, 7) is 7.43. The summed E-state index contributed by atoms with van der Waals surface area (Å²) in [6.07, 6.45) is 2.88. The predicted molar refractivity (Wildman–Crippen MR) is 88.7 cm³/mol. The van der Waals surface area contributed by atoms with Gasteiger partial charge in [0.05, 0.1) is 12.2 Å². The van der Waals surface area contributed by atoms with Crippen molar-refractivity contribution >= 4 is 11.8 Å². The van der Waals surface area contributed by atoms with E-state index in [-0.39, 0.29) is 5.41 Å². The maximum atomic E-state index is 10.8. The fraction of sp³-hybridized carbons (Fsp3) is 0.647. The minimum Gasteiger partial charge on any atom is -0.387 e. The summed E-state index contributed by atoms with van der Waals surface area (Å²) in [7, 11) is 1.66. The van der Waals surface area contributed by atoms with E-state index in [0.717, 1.165) is 26.1 Å². The van der Waals surface area contributed by atoms with Crippen molar-refractivity contribution < 1.29 is 9.84 Å². The molecule has 1 heterocycles. The van der Waals surface area contributed by atoms with E-state index < -0.39 is 5.60 Å². The quantitative estimate of drug-likeness (QED) is 0.848. The summed E-state index contributed by atoms with van der Waals surface area (Å²) < 4.78 is 5.24. The second-order valence-corrected chi connectivity index (χ2v) is 7.47. The van der Waals surface area contributed by atoms with Crippen molar-refractivity contribution in [1.29, 1.82) is 0 Å². The molecule has 0 aliphatic carbocycles. The number of hydrogen-bond acceptors (Lipinski definition) is 4. The lowest BCUT2D eigenvalue weighted by Crippen LogP contribution is -2.59. The van der Waals surface area contributed by atoms with Crippen LogP contribution in [-0.2, 0) is 11.3 Å². The zero-order valence-corrected chi connectivity index (χ0v) is 14.4. The second kappa shape index (κ2) is 6.69. The Labute approximate surface area is 132 Å². The Hall–Kier alpha value is -0.550. The molecule has 0 aromatic heterocycles. The van der Waals surface area contributed by atoms with Crippen LogP contribution in [-0.4, -0.2) is 48.7 Å². The molecule has 1 fully saturated rings. The molecule has 1 atom stereocenters. The molecule has 0 spiro atoms. The maximum absolute atomic E-state index is 10.8.